The van der Waals surface area contributed by atoms with Crippen molar-refractivity contribution in [2.75, 3.05) is 11.9 Å². The van der Waals surface area contributed by atoms with E-state index in [1.54, 1.807) is 24.3 Å². The molecule has 128 valence electrons. The van der Waals surface area contributed by atoms with Gasteiger partial charge in [0.15, 0.2) is 6.61 Å². The highest BCUT2D eigenvalue weighted by Crippen LogP contribution is 2.27. The number of hydrogen-bond acceptors (Lipinski definition) is 4. The van der Waals surface area contributed by atoms with Gasteiger partial charge in [0.05, 0.1) is 11.6 Å². The number of esters is 1. The van der Waals surface area contributed by atoms with E-state index >= 15 is 0 Å². The van der Waals surface area contributed by atoms with Gasteiger partial charge >= 0.3 is 5.97 Å². The zero-order chi connectivity index (χ0) is 17.2. The monoisotopic (exact) mass is 328 g/mol. The summed E-state index contributed by atoms with van der Waals surface area (Å²) in [5.41, 5.74) is 0.986. The van der Waals surface area contributed by atoms with E-state index in [0.717, 1.165) is 18.8 Å². The zero-order valence-electron chi connectivity index (χ0n) is 13.9. The van der Waals surface area contributed by atoms with Crippen molar-refractivity contribution in [3.63, 3.8) is 0 Å². The van der Waals surface area contributed by atoms with E-state index in [4.69, 9.17) is 10.00 Å². The van der Waals surface area contributed by atoms with Gasteiger partial charge in [0.25, 0.3) is 5.91 Å². The summed E-state index contributed by atoms with van der Waals surface area (Å²) in [4.78, 5) is 23.5. The Labute approximate surface area is 143 Å². The molecule has 0 bridgehead atoms. The summed E-state index contributed by atoms with van der Waals surface area (Å²) in [5.74, 6) is 0.0275. The fraction of sp³-hybridized carbons (Fsp3) is 0.526. The Hall–Kier alpha value is -2.35. The van der Waals surface area contributed by atoms with Gasteiger partial charge in [-0.3, -0.25) is 9.59 Å². The Balaban J connectivity index is 1.62. The summed E-state index contributed by atoms with van der Waals surface area (Å²) in [6.07, 6.45) is 8.78. The van der Waals surface area contributed by atoms with E-state index in [9.17, 15) is 9.59 Å². The molecule has 1 saturated carbocycles. The number of nitriles is 1. The molecule has 5 heteroatoms. The fourth-order valence-electron chi connectivity index (χ4n) is 3.09. The number of hydrogen-bond donors (Lipinski definition) is 1. The van der Waals surface area contributed by atoms with E-state index in [1.165, 1.54) is 32.1 Å². The van der Waals surface area contributed by atoms with E-state index in [2.05, 4.69) is 5.32 Å². The number of rotatable bonds is 7. The van der Waals surface area contributed by atoms with Crippen LogP contribution in [0.3, 0.4) is 0 Å². The van der Waals surface area contributed by atoms with Gasteiger partial charge in [0.2, 0.25) is 0 Å². The molecule has 0 aliphatic heterocycles. The van der Waals surface area contributed by atoms with Crippen LogP contribution in [0.15, 0.2) is 24.3 Å². The number of nitrogens with zero attached hydrogens (tertiary/aromatic N) is 1. The minimum atomic E-state index is -0.397. The lowest BCUT2D eigenvalue weighted by molar-refractivity contribution is -0.147. The van der Waals surface area contributed by atoms with E-state index in [1.807, 2.05) is 6.07 Å². The Kier molecular flexibility index (Phi) is 7.28. The molecule has 0 heterocycles. The molecule has 1 aromatic rings. The first-order valence-electron chi connectivity index (χ1n) is 8.63. The summed E-state index contributed by atoms with van der Waals surface area (Å²) < 4.78 is 5.01. The van der Waals surface area contributed by atoms with Crippen molar-refractivity contribution in [3.05, 3.63) is 29.8 Å². The molecule has 24 heavy (non-hydrogen) atoms. The molecule has 1 aromatic carbocycles. The number of nitrogens with one attached hydrogen (secondary N) is 1. The second-order valence-electron chi connectivity index (χ2n) is 6.30. The molecule has 2 rings (SSSR count). The summed E-state index contributed by atoms with van der Waals surface area (Å²) in [6.45, 7) is -0.293. The number of amides is 1. The minimum absolute atomic E-state index is 0.293. The van der Waals surface area contributed by atoms with E-state index in [0.29, 0.717) is 17.7 Å². The SMILES string of the molecule is N#Cc1cccc(NC(=O)COC(=O)CCCC2CCCCC2)c1. The van der Waals surface area contributed by atoms with Crippen LogP contribution in [-0.2, 0) is 14.3 Å². The van der Waals surface area contributed by atoms with Crippen molar-refractivity contribution < 1.29 is 14.3 Å². The molecule has 1 amide bonds. The number of carbonyl (C=O) groups is 2. The molecule has 1 aliphatic carbocycles. The average molecular weight is 328 g/mol. The average Bonchev–Trinajstić information content (AvgIpc) is 2.61. The Bertz CT molecular complexity index is 601. The highest BCUT2D eigenvalue weighted by atomic mass is 16.5. The standard InChI is InChI=1S/C19H24N2O3/c20-13-16-9-4-10-17(12-16)21-18(22)14-24-19(23)11-5-8-15-6-2-1-3-7-15/h4,9-10,12,15H,1-3,5-8,11,14H2,(H,21,22). The van der Waals surface area contributed by atoms with Crippen molar-refractivity contribution in [3.8, 4) is 6.07 Å². The Morgan fingerprint density at radius 3 is 2.79 bits per heavy atom. The molecule has 1 fully saturated rings. The van der Waals surface area contributed by atoms with Gasteiger partial charge in [-0.15, -0.1) is 0 Å². The first-order chi connectivity index (χ1) is 11.7. The maximum atomic E-state index is 11.8. The van der Waals surface area contributed by atoms with Gasteiger partial charge < -0.3 is 10.1 Å². The predicted molar refractivity (Wildman–Crippen MR) is 91.2 cm³/mol. The molecule has 0 aromatic heterocycles. The maximum Gasteiger partial charge on any atom is 0.306 e. The highest BCUT2D eigenvalue weighted by molar-refractivity contribution is 5.92. The van der Waals surface area contributed by atoms with Gasteiger partial charge in [-0.25, -0.2) is 0 Å². The maximum absolute atomic E-state index is 11.8. The molecule has 1 N–H and O–H groups in total. The predicted octanol–water partition coefficient (Wildman–Crippen LogP) is 3.79. The van der Waals surface area contributed by atoms with Crippen LogP contribution in [-0.4, -0.2) is 18.5 Å². The third kappa shape index (κ3) is 6.41. The second-order valence-corrected chi connectivity index (χ2v) is 6.30. The van der Waals surface area contributed by atoms with Crippen LogP contribution in [0.4, 0.5) is 5.69 Å². The number of ether oxygens (including phenoxy) is 1. The Morgan fingerprint density at radius 1 is 1.25 bits per heavy atom. The van der Waals surface area contributed by atoms with Crippen LogP contribution < -0.4 is 5.32 Å². The molecule has 0 unspecified atom stereocenters. The van der Waals surface area contributed by atoms with Gasteiger partial charge in [0, 0.05) is 12.1 Å². The molecule has 0 spiro atoms. The highest BCUT2D eigenvalue weighted by Gasteiger charge is 2.14. The molecule has 0 radical (unpaired) electrons. The third-order valence-electron chi connectivity index (χ3n) is 4.36. The van der Waals surface area contributed by atoms with Crippen LogP contribution >= 0.6 is 0 Å². The second kappa shape index (κ2) is 9.71. The number of carbonyl (C=O) groups excluding carboxylic acids is 2. The summed E-state index contributed by atoms with van der Waals surface area (Å²) in [6, 6.07) is 8.60. The quantitative estimate of drug-likeness (QED) is 0.772. The molecule has 0 saturated heterocycles. The van der Waals surface area contributed by atoms with E-state index < -0.39 is 5.91 Å². The van der Waals surface area contributed by atoms with Gasteiger partial charge in [-0.05, 0) is 37.0 Å². The minimum Gasteiger partial charge on any atom is -0.456 e. The van der Waals surface area contributed by atoms with Gasteiger partial charge in [-0.2, -0.15) is 5.26 Å². The van der Waals surface area contributed by atoms with Crippen molar-refractivity contribution in [2.24, 2.45) is 5.92 Å². The van der Waals surface area contributed by atoms with Crippen LogP contribution in [0.25, 0.3) is 0 Å². The number of anilines is 1. The van der Waals surface area contributed by atoms with Crippen LogP contribution in [0.2, 0.25) is 0 Å². The van der Waals surface area contributed by atoms with Crippen LogP contribution in [0.5, 0.6) is 0 Å². The van der Waals surface area contributed by atoms with Crippen LogP contribution in [0, 0.1) is 17.2 Å². The van der Waals surface area contributed by atoms with Gasteiger partial charge in [-0.1, -0.05) is 38.2 Å². The summed E-state index contributed by atoms with van der Waals surface area (Å²) >= 11 is 0. The zero-order valence-corrected chi connectivity index (χ0v) is 13.9. The molecular formula is C19H24N2O3. The summed E-state index contributed by atoms with van der Waals surface area (Å²) in [5, 5.41) is 11.4. The molecular weight excluding hydrogens is 304 g/mol. The normalized spacial score (nSPS) is 14.6. The van der Waals surface area contributed by atoms with E-state index in [-0.39, 0.29) is 12.6 Å². The first-order valence-corrected chi connectivity index (χ1v) is 8.63. The lowest BCUT2D eigenvalue weighted by Gasteiger charge is -2.20. The molecule has 1 aliphatic rings. The largest absolute Gasteiger partial charge is 0.456 e. The van der Waals surface area contributed by atoms with Crippen molar-refractivity contribution in [1.29, 1.82) is 5.26 Å². The molecule has 5 nitrogen and oxygen atoms in total. The fourth-order valence-corrected chi connectivity index (χ4v) is 3.09. The van der Waals surface area contributed by atoms with Crippen molar-refractivity contribution in [1.82, 2.24) is 0 Å². The third-order valence-corrected chi connectivity index (χ3v) is 4.36. The van der Waals surface area contributed by atoms with Gasteiger partial charge in [0.1, 0.15) is 0 Å². The smallest absolute Gasteiger partial charge is 0.306 e. The van der Waals surface area contributed by atoms with Crippen LogP contribution in [0.1, 0.15) is 56.9 Å². The topological polar surface area (TPSA) is 79.2 Å². The lowest BCUT2D eigenvalue weighted by Crippen LogP contribution is -2.21. The number of benzene rings is 1. The van der Waals surface area contributed by atoms with Crippen molar-refractivity contribution in [2.45, 2.75) is 51.4 Å². The first kappa shape index (κ1) is 18.0. The summed E-state index contributed by atoms with van der Waals surface area (Å²) in [7, 11) is 0. The lowest BCUT2D eigenvalue weighted by atomic mass is 9.86. The Morgan fingerprint density at radius 2 is 2.04 bits per heavy atom. The van der Waals surface area contributed by atoms with Crippen molar-refractivity contribution >= 4 is 17.6 Å². The molecule has 0 atom stereocenters.